The monoisotopic (exact) mass is 1600 g/mol. The largest absolute Gasteiger partial charge is 0.472 e. The number of ether oxygens (including phenoxy) is 6. The fraction of sp³-hybridized carbons (Fsp3) is 0.877. The lowest BCUT2D eigenvalue weighted by Crippen LogP contribution is -2.48. The average molecular weight is 1600 g/mol. The summed E-state index contributed by atoms with van der Waals surface area (Å²) < 4.78 is 82.9. The fourth-order valence-corrected chi connectivity index (χ4v) is 13.8. The smallest absolute Gasteiger partial charge is 0.462 e. The summed E-state index contributed by atoms with van der Waals surface area (Å²) in [7, 11) is -9.74. The van der Waals surface area contributed by atoms with Gasteiger partial charge in [-0.15, -0.1) is 0 Å². The Hall–Kier alpha value is -3.72. The van der Waals surface area contributed by atoms with E-state index in [1.807, 2.05) is 0 Å². The third kappa shape index (κ3) is 60.5. The second-order valence-corrected chi connectivity index (χ2v) is 32.6. The van der Waals surface area contributed by atoms with E-state index in [0.717, 1.165) is 167 Å². The third-order valence-corrected chi connectivity index (χ3v) is 20.6. The molecule has 8 N–H and O–H groups in total. The second kappa shape index (κ2) is 67.6. The Balaban J connectivity index is 3.04. The quantitative estimate of drug-likeness (QED) is 0.0121. The van der Waals surface area contributed by atoms with Gasteiger partial charge in [-0.2, -0.15) is 0 Å². The summed E-state index contributed by atoms with van der Waals surface area (Å²) >= 11 is 0. The molecule has 109 heavy (non-hydrogen) atoms. The summed E-state index contributed by atoms with van der Waals surface area (Å²) in [6.45, 7) is 12.8. The van der Waals surface area contributed by atoms with Gasteiger partial charge in [0.05, 0.1) is 76.8 Å². The number of esters is 2. The number of nitrogens with one attached hydrogen (secondary N) is 4. The van der Waals surface area contributed by atoms with Crippen LogP contribution in [0.25, 0.3) is 0 Å². The van der Waals surface area contributed by atoms with Crippen LogP contribution in [0.4, 0.5) is 0 Å². The Kier molecular flexibility index (Phi) is 64.1. The number of hydrogen-bond acceptors (Lipinski definition) is 20. The van der Waals surface area contributed by atoms with Gasteiger partial charge in [-0.3, -0.25) is 46.9 Å². The van der Waals surface area contributed by atoms with Crippen LogP contribution in [-0.4, -0.2) is 176 Å². The Labute approximate surface area is 656 Å². The van der Waals surface area contributed by atoms with Crippen molar-refractivity contribution in [1.82, 2.24) is 21.3 Å². The molecule has 4 amide bonds. The Morgan fingerprint density at radius 2 is 0.716 bits per heavy atom. The summed E-state index contributed by atoms with van der Waals surface area (Å²) in [5.41, 5.74) is 0. The van der Waals surface area contributed by atoms with E-state index in [-0.39, 0.29) is 65.2 Å². The molecule has 0 aromatic carbocycles. The number of carbonyl (C=O) groups is 6. The molecule has 1 fully saturated rings. The predicted octanol–water partition coefficient (Wildman–Crippen LogP) is 16.0. The number of hydrogen-bond donors (Lipinski definition) is 8. The summed E-state index contributed by atoms with van der Waals surface area (Å²) in [5, 5.41) is 31.9. The van der Waals surface area contributed by atoms with Crippen LogP contribution in [0.3, 0.4) is 0 Å². The lowest BCUT2D eigenvalue weighted by atomic mass is 10.1. The molecule has 0 aliphatic carbocycles. The van der Waals surface area contributed by atoms with Crippen molar-refractivity contribution in [3.05, 3.63) is 24.3 Å². The first-order chi connectivity index (χ1) is 52.4. The number of unbranched alkanes of at least 4 members (excludes halogenated alkanes) is 26. The number of aliphatic hydroxyl groups excluding tert-OH is 2. The van der Waals surface area contributed by atoms with Crippen molar-refractivity contribution >= 4 is 51.2 Å². The lowest BCUT2D eigenvalue weighted by molar-refractivity contribution is -0.159. The van der Waals surface area contributed by atoms with Gasteiger partial charge in [0, 0.05) is 39.1 Å². The fourth-order valence-electron chi connectivity index (χ4n) is 12.3. The van der Waals surface area contributed by atoms with Gasteiger partial charge >= 0.3 is 27.6 Å². The molecule has 638 valence electrons. The highest BCUT2D eigenvalue weighted by Crippen LogP contribution is 2.44. The Morgan fingerprint density at radius 3 is 1.06 bits per heavy atom. The van der Waals surface area contributed by atoms with Crippen molar-refractivity contribution in [2.24, 2.45) is 0 Å². The van der Waals surface area contributed by atoms with E-state index in [1.165, 1.54) is 52.4 Å². The molecule has 1 rings (SSSR count). The number of carbonyl (C=O) groups excluding carboxylic acids is 6. The maximum atomic E-state index is 13.7. The first-order valence-electron chi connectivity index (χ1n) is 42.4. The van der Waals surface area contributed by atoms with Crippen molar-refractivity contribution in [3.8, 4) is 0 Å². The molecule has 1 aliphatic rings. The van der Waals surface area contributed by atoms with Gasteiger partial charge in [0.15, 0.2) is 18.0 Å². The molecule has 1 heterocycles. The molecule has 0 saturated carbocycles. The zero-order valence-electron chi connectivity index (χ0n) is 68.6. The van der Waals surface area contributed by atoms with Crippen LogP contribution in [0.2, 0.25) is 0 Å². The molecule has 0 aromatic heterocycles. The molecule has 1 saturated heterocycles. The highest BCUT2D eigenvalue weighted by atomic mass is 31.2. The molecule has 0 spiro atoms. The summed E-state index contributed by atoms with van der Waals surface area (Å²) in [4.78, 5) is 103. The zero-order chi connectivity index (χ0) is 80.5. The number of amides is 4. The summed E-state index contributed by atoms with van der Waals surface area (Å²) in [6.07, 6.45) is 39.9. The predicted molar refractivity (Wildman–Crippen MR) is 426 cm³/mol. The molecular formula is C81H152N4O22P2. The molecule has 0 radical (unpaired) electrons. The third-order valence-electron chi connectivity index (χ3n) is 18.6. The van der Waals surface area contributed by atoms with Crippen molar-refractivity contribution < 1.29 is 104 Å². The normalized spacial score (nSPS) is 17.1. The van der Waals surface area contributed by atoms with E-state index in [9.17, 15) is 57.9 Å². The Bertz CT molecular complexity index is 2320. The Morgan fingerprint density at radius 1 is 0.404 bits per heavy atom. The minimum absolute atomic E-state index is 0.132. The highest BCUT2D eigenvalue weighted by Gasteiger charge is 2.49. The number of aliphatic hydroxyl groups is 2. The van der Waals surface area contributed by atoms with E-state index in [2.05, 4.69) is 87.1 Å². The minimum Gasteiger partial charge on any atom is -0.462 e. The number of allylic oxidation sites excluding steroid dienone is 4. The van der Waals surface area contributed by atoms with Crippen LogP contribution in [0.15, 0.2) is 24.3 Å². The van der Waals surface area contributed by atoms with Crippen LogP contribution in [0, 0.1) is 0 Å². The highest BCUT2D eigenvalue weighted by molar-refractivity contribution is 7.47. The standard InChI is InChI=1S/C81H152N4O22P2/c1-9-15-21-27-29-31-33-39-45-51-75(90)104-71(49-43-37-25-19-13-5)61-73(88)84-67(63-98-57-53-69(86)47-41-35-23-17-11-3)65-102-108(94,95)100-59-55-82-79(92)77-78(107-81(7,8)106-77)80(93)83-56-60-101-109(96,97)103-66-68(64-99-58-54-70(87)48-42-36-24-18-12-4)85-74(89)62-72(50-44-38-26-20-14-6)105-76(91)52-46-40-34-32-30-28-22-16-10-2/h31-34,67-72,77-78,86-87H,9-30,35-66H2,1-8H3,(H,82,92)(H,83,93)(H,84,88)(H,85,89)(H,94,95)(H,96,97)/b33-31-,34-32-/t67?,68?,69-,70-,71-,72-,77-,78+/m1/s1. The van der Waals surface area contributed by atoms with E-state index in [0.29, 0.717) is 51.4 Å². The summed E-state index contributed by atoms with van der Waals surface area (Å²) in [6, 6.07) is -1.96. The molecule has 10 atom stereocenters. The van der Waals surface area contributed by atoms with Crippen LogP contribution in [-0.2, 0) is 84.4 Å². The molecule has 1 aliphatic heterocycles. The van der Waals surface area contributed by atoms with Gasteiger partial charge in [-0.1, -0.05) is 220 Å². The van der Waals surface area contributed by atoms with Gasteiger partial charge in [-0.05, 0) is 117 Å². The molecule has 4 unspecified atom stereocenters. The van der Waals surface area contributed by atoms with Gasteiger partial charge in [0.25, 0.3) is 11.8 Å². The number of phosphoric acid groups is 2. The van der Waals surface area contributed by atoms with E-state index < -0.39 is 132 Å². The van der Waals surface area contributed by atoms with Gasteiger partial charge in [0.1, 0.15) is 12.2 Å². The lowest BCUT2D eigenvalue weighted by Gasteiger charge is -2.23. The van der Waals surface area contributed by atoms with Crippen LogP contribution in [0.1, 0.15) is 338 Å². The molecule has 28 heteroatoms. The SMILES string of the molecule is CCCCCC/C=C\CCCC(=O)O[C@H](CCCCCCC)CC(=O)NC(COCC[C@H](O)CCCCCCC)COP(=O)(O)OCCNC(=O)[C@H]1OC(C)(C)O[C@H]1C(=O)NCCOP(=O)(O)OCC(COCC[C@H](O)CCCCCCC)NC(=O)C[C@@H](CCCCCCC)OC(=O)CCC/C=C\CCCCCC. The van der Waals surface area contributed by atoms with Gasteiger partial charge in [0.2, 0.25) is 11.8 Å². The topological polar surface area (TPSA) is 358 Å². The molecular weight excluding hydrogens is 1440 g/mol. The van der Waals surface area contributed by atoms with Crippen molar-refractivity contribution in [2.75, 3.05) is 65.9 Å². The van der Waals surface area contributed by atoms with E-state index >= 15 is 0 Å². The van der Waals surface area contributed by atoms with E-state index in [1.54, 1.807) is 0 Å². The van der Waals surface area contributed by atoms with Crippen molar-refractivity contribution in [1.29, 1.82) is 0 Å². The second-order valence-electron chi connectivity index (χ2n) is 29.7. The first-order valence-corrected chi connectivity index (χ1v) is 45.3. The minimum atomic E-state index is -4.87. The first kappa shape index (κ1) is 103. The molecule has 0 aromatic rings. The van der Waals surface area contributed by atoms with Crippen LogP contribution >= 0.6 is 15.6 Å². The van der Waals surface area contributed by atoms with E-state index in [4.69, 9.17) is 46.5 Å². The van der Waals surface area contributed by atoms with Crippen molar-refractivity contribution in [3.63, 3.8) is 0 Å². The van der Waals surface area contributed by atoms with Crippen LogP contribution < -0.4 is 21.3 Å². The number of rotatable bonds is 76. The van der Waals surface area contributed by atoms with Crippen molar-refractivity contribution in [2.45, 2.75) is 392 Å². The zero-order valence-corrected chi connectivity index (χ0v) is 70.4. The number of phosphoric ester groups is 2. The maximum absolute atomic E-state index is 13.7. The molecule has 0 bridgehead atoms. The maximum Gasteiger partial charge on any atom is 0.472 e. The van der Waals surface area contributed by atoms with Gasteiger partial charge < -0.3 is 69.7 Å². The van der Waals surface area contributed by atoms with Gasteiger partial charge in [-0.25, -0.2) is 9.13 Å². The van der Waals surface area contributed by atoms with Crippen LogP contribution in [0.5, 0.6) is 0 Å². The average Bonchev–Trinajstić information content (AvgIpc) is 1.66. The molecule has 26 nitrogen and oxygen atoms in total. The summed E-state index contributed by atoms with van der Waals surface area (Å²) in [5.74, 6) is -4.91.